The van der Waals surface area contributed by atoms with Gasteiger partial charge in [0.1, 0.15) is 6.07 Å². The first-order valence-corrected chi connectivity index (χ1v) is 6.47. The zero-order valence-corrected chi connectivity index (χ0v) is 10.9. The Balaban J connectivity index is 2.49. The Bertz CT molecular complexity index is 445. The van der Waals surface area contributed by atoms with Gasteiger partial charge in [0, 0.05) is 12.1 Å². The third-order valence-corrected chi connectivity index (χ3v) is 3.87. The van der Waals surface area contributed by atoms with Crippen LogP contribution in [0.25, 0.3) is 0 Å². The highest BCUT2D eigenvalue weighted by molar-refractivity contribution is 5.65. The van der Waals surface area contributed by atoms with Gasteiger partial charge < -0.3 is 4.90 Å². The fourth-order valence-corrected chi connectivity index (χ4v) is 2.97. The lowest BCUT2D eigenvalue weighted by molar-refractivity contribution is 0.626. The molecule has 1 aliphatic rings. The smallest absolute Gasteiger partial charge is 0.101 e. The summed E-state index contributed by atoms with van der Waals surface area (Å²) in [5.41, 5.74) is 3.19. The Morgan fingerprint density at radius 2 is 2.18 bits per heavy atom. The van der Waals surface area contributed by atoms with Crippen molar-refractivity contribution in [3.8, 4) is 6.07 Å². The molecular formula is C15H20N2. The summed E-state index contributed by atoms with van der Waals surface area (Å²) < 4.78 is 0. The number of para-hydroxylation sites is 1. The van der Waals surface area contributed by atoms with Crippen molar-refractivity contribution in [3.63, 3.8) is 0 Å². The molecule has 1 saturated heterocycles. The van der Waals surface area contributed by atoms with Gasteiger partial charge in [-0.1, -0.05) is 19.1 Å². The van der Waals surface area contributed by atoms with E-state index in [2.05, 4.69) is 37.8 Å². The third-order valence-electron chi connectivity index (χ3n) is 3.87. The molecular weight excluding hydrogens is 208 g/mol. The van der Waals surface area contributed by atoms with Gasteiger partial charge in [-0.15, -0.1) is 0 Å². The van der Waals surface area contributed by atoms with Gasteiger partial charge in [-0.2, -0.15) is 5.26 Å². The van der Waals surface area contributed by atoms with Gasteiger partial charge in [0.15, 0.2) is 0 Å². The minimum absolute atomic E-state index is 0.549. The van der Waals surface area contributed by atoms with Gasteiger partial charge in [0.2, 0.25) is 0 Å². The van der Waals surface area contributed by atoms with Crippen LogP contribution in [0, 0.1) is 18.3 Å². The predicted molar refractivity (Wildman–Crippen MR) is 71.1 cm³/mol. The highest BCUT2D eigenvalue weighted by atomic mass is 15.2. The molecule has 0 aliphatic carbocycles. The summed E-state index contributed by atoms with van der Waals surface area (Å²) in [5.74, 6) is 0. The maximum atomic E-state index is 9.27. The van der Waals surface area contributed by atoms with Gasteiger partial charge in [0.25, 0.3) is 0 Å². The zero-order valence-electron chi connectivity index (χ0n) is 10.9. The van der Waals surface area contributed by atoms with E-state index in [0.717, 1.165) is 17.7 Å². The lowest BCUT2D eigenvalue weighted by Gasteiger charge is -2.32. The van der Waals surface area contributed by atoms with Crippen LogP contribution in [-0.2, 0) is 0 Å². The lowest BCUT2D eigenvalue weighted by Crippen LogP contribution is -2.35. The molecule has 1 aromatic rings. The number of nitriles is 1. The van der Waals surface area contributed by atoms with E-state index in [1.165, 1.54) is 18.4 Å². The van der Waals surface area contributed by atoms with Crippen molar-refractivity contribution >= 4 is 5.69 Å². The number of rotatable bonds is 2. The Morgan fingerprint density at radius 1 is 1.41 bits per heavy atom. The van der Waals surface area contributed by atoms with Gasteiger partial charge in [-0.05, 0) is 44.7 Å². The fraction of sp³-hybridized carbons (Fsp3) is 0.533. The summed E-state index contributed by atoms with van der Waals surface area (Å²) >= 11 is 0. The Kier molecular flexibility index (Phi) is 3.38. The van der Waals surface area contributed by atoms with Crippen molar-refractivity contribution in [3.05, 3.63) is 29.3 Å². The normalized spacial score (nSPS) is 23.8. The van der Waals surface area contributed by atoms with Crippen LogP contribution in [0.5, 0.6) is 0 Å². The summed E-state index contributed by atoms with van der Waals surface area (Å²) in [6, 6.07) is 9.49. The maximum absolute atomic E-state index is 9.27. The monoisotopic (exact) mass is 228 g/mol. The van der Waals surface area contributed by atoms with E-state index in [1.807, 2.05) is 12.1 Å². The number of nitrogens with zero attached hydrogens (tertiary/aromatic N) is 2. The highest BCUT2D eigenvalue weighted by Crippen LogP contribution is 2.36. The first-order chi connectivity index (χ1) is 8.19. The quantitative estimate of drug-likeness (QED) is 0.772. The van der Waals surface area contributed by atoms with Gasteiger partial charge in [0.05, 0.1) is 11.3 Å². The second kappa shape index (κ2) is 4.79. The molecule has 2 rings (SSSR count). The van der Waals surface area contributed by atoms with Crippen molar-refractivity contribution in [2.75, 3.05) is 4.90 Å². The Hall–Kier alpha value is -1.49. The van der Waals surface area contributed by atoms with Crippen LogP contribution >= 0.6 is 0 Å². The SMILES string of the molecule is CCC1CCC(C)N1c1c(C)cccc1C#N. The number of hydrogen-bond donors (Lipinski definition) is 0. The van der Waals surface area contributed by atoms with E-state index in [4.69, 9.17) is 0 Å². The van der Waals surface area contributed by atoms with Crippen LogP contribution in [-0.4, -0.2) is 12.1 Å². The van der Waals surface area contributed by atoms with E-state index in [0.29, 0.717) is 12.1 Å². The van der Waals surface area contributed by atoms with Crippen LogP contribution in [0.2, 0.25) is 0 Å². The summed E-state index contributed by atoms with van der Waals surface area (Å²) in [6.07, 6.45) is 3.64. The number of anilines is 1. The number of aryl methyl sites for hydroxylation is 1. The maximum Gasteiger partial charge on any atom is 0.101 e. The summed E-state index contributed by atoms with van der Waals surface area (Å²) in [7, 11) is 0. The van der Waals surface area contributed by atoms with E-state index in [9.17, 15) is 5.26 Å². The fourth-order valence-electron chi connectivity index (χ4n) is 2.97. The van der Waals surface area contributed by atoms with Crippen molar-refractivity contribution in [2.45, 2.75) is 52.1 Å². The summed E-state index contributed by atoms with van der Waals surface area (Å²) in [6.45, 7) is 6.61. The minimum atomic E-state index is 0.549. The molecule has 1 aliphatic heterocycles. The molecule has 0 spiro atoms. The Morgan fingerprint density at radius 3 is 2.82 bits per heavy atom. The van der Waals surface area contributed by atoms with Crippen LogP contribution in [0.4, 0.5) is 5.69 Å². The topological polar surface area (TPSA) is 27.0 Å². The summed E-state index contributed by atoms with van der Waals surface area (Å²) in [5, 5.41) is 9.27. The molecule has 0 bridgehead atoms. The Labute approximate surface area is 104 Å². The summed E-state index contributed by atoms with van der Waals surface area (Å²) in [4.78, 5) is 2.47. The van der Waals surface area contributed by atoms with Crippen molar-refractivity contribution < 1.29 is 0 Å². The minimum Gasteiger partial charge on any atom is -0.365 e. The second-order valence-electron chi connectivity index (χ2n) is 4.98. The van der Waals surface area contributed by atoms with Crippen LogP contribution in [0.15, 0.2) is 18.2 Å². The molecule has 2 heteroatoms. The highest BCUT2D eigenvalue weighted by Gasteiger charge is 2.31. The molecule has 1 fully saturated rings. The van der Waals surface area contributed by atoms with Crippen LogP contribution in [0.1, 0.15) is 44.2 Å². The average Bonchev–Trinajstić information content (AvgIpc) is 2.70. The molecule has 0 aromatic heterocycles. The molecule has 0 saturated carbocycles. The third kappa shape index (κ3) is 2.02. The van der Waals surface area contributed by atoms with E-state index in [1.54, 1.807) is 0 Å². The van der Waals surface area contributed by atoms with Crippen molar-refractivity contribution in [1.82, 2.24) is 0 Å². The average molecular weight is 228 g/mol. The van der Waals surface area contributed by atoms with Gasteiger partial charge in [-0.25, -0.2) is 0 Å². The molecule has 1 aromatic carbocycles. The molecule has 2 atom stereocenters. The molecule has 17 heavy (non-hydrogen) atoms. The second-order valence-corrected chi connectivity index (χ2v) is 4.98. The standard InChI is InChI=1S/C15H20N2/c1-4-14-9-8-12(3)17(14)15-11(2)6-5-7-13(15)10-16/h5-7,12,14H,4,8-9H2,1-3H3. The molecule has 0 amide bonds. The van der Waals surface area contributed by atoms with E-state index < -0.39 is 0 Å². The largest absolute Gasteiger partial charge is 0.365 e. The molecule has 90 valence electrons. The van der Waals surface area contributed by atoms with Crippen molar-refractivity contribution in [1.29, 1.82) is 5.26 Å². The molecule has 0 radical (unpaired) electrons. The van der Waals surface area contributed by atoms with E-state index in [-0.39, 0.29) is 0 Å². The first-order valence-electron chi connectivity index (χ1n) is 6.47. The lowest BCUT2D eigenvalue weighted by atomic mass is 10.1. The van der Waals surface area contributed by atoms with Crippen molar-refractivity contribution in [2.24, 2.45) is 0 Å². The van der Waals surface area contributed by atoms with Crippen LogP contribution < -0.4 is 4.90 Å². The first kappa shape index (κ1) is 12.0. The molecule has 2 nitrogen and oxygen atoms in total. The predicted octanol–water partition coefficient (Wildman–Crippen LogP) is 3.63. The van der Waals surface area contributed by atoms with Gasteiger partial charge >= 0.3 is 0 Å². The zero-order chi connectivity index (χ0) is 12.4. The molecule has 0 N–H and O–H groups in total. The van der Waals surface area contributed by atoms with E-state index >= 15 is 0 Å². The number of hydrogen-bond acceptors (Lipinski definition) is 2. The number of benzene rings is 1. The molecule has 2 unspecified atom stereocenters. The molecule has 1 heterocycles. The van der Waals surface area contributed by atoms with Crippen LogP contribution in [0.3, 0.4) is 0 Å². The van der Waals surface area contributed by atoms with Gasteiger partial charge in [-0.3, -0.25) is 0 Å².